The lowest BCUT2D eigenvalue weighted by Crippen LogP contribution is -2.40. The molecule has 0 spiro atoms. The number of ether oxygens (including phenoxy) is 4. The van der Waals surface area contributed by atoms with E-state index in [1.165, 1.54) is 11.1 Å². The van der Waals surface area contributed by atoms with Crippen LogP contribution in [0.5, 0.6) is 11.5 Å². The molecule has 4 aliphatic carbocycles. The maximum absolute atomic E-state index is 13.5. The van der Waals surface area contributed by atoms with E-state index in [0.29, 0.717) is 47.0 Å². The van der Waals surface area contributed by atoms with Crippen molar-refractivity contribution in [2.24, 2.45) is 46.3 Å². The zero-order valence-corrected chi connectivity index (χ0v) is 43.3. The number of hydrogen-bond acceptors (Lipinski definition) is 8. The molecule has 0 saturated heterocycles. The van der Waals surface area contributed by atoms with E-state index in [2.05, 4.69) is 91.2 Å². The lowest BCUT2D eigenvalue weighted by Gasteiger charge is -2.42. The summed E-state index contributed by atoms with van der Waals surface area (Å²) in [6, 6.07) is 15.6. The Balaban J connectivity index is 0.909. The van der Waals surface area contributed by atoms with E-state index in [1.54, 1.807) is 0 Å². The van der Waals surface area contributed by atoms with Gasteiger partial charge in [0.05, 0.1) is 10.8 Å². The lowest BCUT2D eigenvalue weighted by atomic mass is 9.63. The summed E-state index contributed by atoms with van der Waals surface area (Å²) in [4.78, 5) is 27.0. The predicted octanol–water partition coefficient (Wildman–Crippen LogP) is 13.2. The SMILES string of the molecule is C=C1/C=C\C(C(C)C)=C/CCCC2CC(C)(C(=O)OCC(O)COc3ccc(C(C)(C)c4ccc(OCC(O)COC(=O)C5(C)CCC6C(=C)/C=C\C(C(C)C)=C/CCCC6C5)cc4)cc3)CCC12. The number of fused-ring (bicyclic) bond motifs is 2. The summed E-state index contributed by atoms with van der Waals surface area (Å²) in [5.41, 5.74) is 5.65. The van der Waals surface area contributed by atoms with Crippen molar-refractivity contribution in [3.8, 4) is 11.5 Å². The van der Waals surface area contributed by atoms with E-state index in [-0.39, 0.29) is 43.8 Å². The van der Waals surface area contributed by atoms with Gasteiger partial charge in [-0.05, 0) is 173 Å². The number of hydrogen-bond donors (Lipinski definition) is 2. The van der Waals surface area contributed by atoms with Crippen molar-refractivity contribution in [3.05, 3.63) is 132 Å². The van der Waals surface area contributed by atoms with Crippen LogP contribution >= 0.6 is 0 Å². The van der Waals surface area contributed by atoms with Crippen LogP contribution in [0.3, 0.4) is 0 Å². The number of aliphatic hydroxyl groups is 2. The molecule has 2 aromatic rings. The summed E-state index contributed by atoms with van der Waals surface area (Å²) in [6.45, 7) is 25.9. The quantitative estimate of drug-likeness (QED) is 0.160. The van der Waals surface area contributed by atoms with Crippen molar-refractivity contribution < 1.29 is 38.7 Å². The minimum Gasteiger partial charge on any atom is -0.491 e. The Morgan fingerprint density at radius 2 is 0.986 bits per heavy atom. The van der Waals surface area contributed by atoms with Crippen LogP contribution in [0.25, 0.3) is 0 Å². The number of benzene rings is 2. The average Bonchev–Trinajstić information content (AvgIpc) is 3.32. The zero-order chi connectivity index (χ0) is 49.9. The van der Waals surface area contributed by atoms with Crippen LogP contribution in [0, 0.1) is 46.3 Å². The maximum atomic E-state index is 13.5. The summed E-state index contributed by atoms with van der Waals surface area (Å²) in [6.07, 6.45) is 22.8. The van der Waals surface area contributed by atoms with Crippen LogP contribution in [-0.4, -0.2) is 60.8 Å². The number of carbonyl (C=O) groups excluding carboxylic acids is 2. The van der Waals surface area contributed by atoms with E-state index in [9.17, 15) is 19.8 Å². The minimum absolute atomic E-state index is 0.000931. The third-order valence-corrected chi connectivity index (χ3v) is 16.0. The Bertz CT molecular complexity index is 2040. The van der Waals surface area contributed by atoms with Gasteiger partial charge in [-0.25, -0.2) is 0 Å². The van der Waals surface area contributed by atoms with Crippen LogP contribution in [0.4, 0.5) is 0 Å². The van der Waals surface area contributed by atoms with Gasteiger partial charge < -0.3 is 29.2 Å². The number of rotatable bonds is 16. The second-order valence-corrected chi connectivity index (χ2v) is 22.5. The van der Waals surface area contributed by atoms with Gasteiger partial charge in [0.2, 0.25) is 0 Å². The largest absolute Gasteiger partial charge is 0.491 e. The van der Waals surface area contributed by atoms with Gasteiger partial charge in [-0.3, -0.25) is 9.59 Å². The Morgan fingerprint density at radius 1 is 0.609 bits per heavy atom. The first-order chi connectivity index (χ1) is 32.8. The molecule has 376 valence electrons. The fourth-order valence-corrected chi connectivity index (χ4v) is 11.2. The van der Waals surface area contributed by atoms with Gasteiger partial charge >= 0.3 is 11.9 Å². The Kier molecular flexibility index (Phi) is 18.6. The molecular weight excluding hydrogens is 861 g/mol. The standard InChI is InChI=1S/C61H84O8/c1-41(2)45-15-11-13-17-47-35-60(9,33-31-55(47)43(5)19-21-45)57(64)68-39-51(62)37-66-53-27-23-49(24-28-53)59(7,8)50-25-29-54(30-26-50)67-38-52(63)40-69-58(65)61(10)34-32-56-44(6)20-22-46(42(3)4)16-12-14-18-48(56)36-61/h15-16,19-30,41-42,47-48,51-52,55-56,62-63H,5-6,11-14,17-18,31-40H2,1-4,7-10H3/b21-19-,22-20-,45-15+,46-16+. The average molecular weight is 945 g/mol. The molecule has 8 atom stereocenters. The Hall–Kier alpha value is -4.66. The summed E-state index contributed by atoms with van der Waals surface area (Å²) < 4.78 is 23.4. The highest BCUT2D eigenvalue weighted by molar-refractivity contribution is 5.77. The third kappa shape index (κ3) is 14.2. The molecule has 0 bridgehead atoms. The van der Waals surface area contributed by atoms with E-state index in [4.69, 9.17) is 18.9 Å². The normalized spacial score (nSPS) is 29.2. The predicted molar refractivity (Wildman–Crippen MR) is 278 cm³/mol. The lowest BCUT2D eigenvalue weighted by molar-refractivity contribution is -0.162. The zero-order valence-electron chi connectivity index (χ0n) is 43.3. The third-order valence-electron chi connectivity index (χ3n) is 16.0. The van der Waals surface area contributed by atoms with Crippen molar-refractivity contribution in [2.45, 2.75) is 150 Å². The number of carbonyl (C=O) groups is 2. The van der Waals surface area contributed by atoms with Gasteiger partial charge in [-0.1, -0.05) is 127 Å². The Morgan fingerprint density at radius 3 is 1.35 bits per heavy atom. The van der Waals surface area contributed by atoms with Gasteiger partial charge in [-0.15, -0.1) is 0 Å². The van der Waals surface area contributed by atoms with Crippen molar-refractivity contribution in [2.75, 3.05) is 26.4 Å². The Labute approximate surface area is 415 Å². The van der Waals surface area contributed by atoms with Crippen LogP contribution in [-0.2, 0) is 24.5 Å². The first-order valence-corrected chi connectivity index (χ1v) is 26.1. The second kappa shape index (κ2) is 24.0. The van der Waals surface area contributed by atoms with Crippen LogP contribution < -0.4 is 9.47 Å². The van der Waals surface area contributed by atoms with Gasteiger partial charge in [0.15, 0.2) is 0 Å². The van der Waals surface area contributed by atoms with Crippen molar-refractivity contribution >= 4 is 11.9 Å². The summed E-state index contributed by atoms with van der Waals surface area (Å²) >= 11 is 0. The molecule has 0 amide bonds. The second-order valence-electron chi connectivity index (χ2n) is 22.5. The van der Waals surface area contributed by atoms with Crippen LogP contribution in [0.15, 0.2) is 120 Å². The molecular formula is C61H84O8. The highest BCUT2D eigenvalue weighted by Gasteiger charge is 2.45. The molecule has 2 N–H and O–H groups in total. The first kappa shape index (κ1) is 53.7. The molecule has 8 unspecified atom stereocenters. The van der Waals surface area contributed by atoms with Crippen molar-refractivity contribution in [3.63, 3.8) is 0 Å². The van der Waals surface area contributed by atoms with Gasteiger partial charge in [0.1, 0.15) is 50.1 Å². The number of aliphatic hydroxyl groups excluding tert-OH is 2. The van der Waals surface area contributed by atoms with Gasteiger partial charge in [0.25, 0.3) is 0 Å². The van der Waals surface area contributed by atoms with Crippen molar-refractivity contribution in [1.29, 1.82) is 0 Å². The highest BCUT2D eigenvalue weighted by atomic mass is 16.6. The maximum Gasteiger partial charge on any atom is 0.311 e. The molecule has 0 radical (unpaired) electrons. The molecule has 6 rings (SSSR count). The van der Waals surface area contributed by atoms with E-state index in [1.807, 2.05) is 62.4 Å². The van der Waals surface area contributed by atoms with Crippen molar-refractivity contribution in [1.82, 2.24) is 0 Å². The summed E-state index contributed by atoms with van der Waals surface area (Å²) in [5, 5.41) is 21.6. The topological polar surface area (TPSA) is 112 Å². The molecule has 8 nitrogen and oxygen atoms in total. The van der Waals surface area contributed by atoms with Gasteiger partial charge in [-0.2, -0.15) is 0 Å². The fourth-order valence-electron chi connectivity index (χ4n) is 11.2. The fraction of sp³-hybridized carbons (Fsp3) is 0.574. The summed E-state index contributed by atoms with van der Waals surface area (Å²) in [5.74, 6) is 3.17. The van der Waals surface area contributed by atoms with E-state index in [0.717, 1.165) is 99.3 Å². The van der Waals surface area contributed by atoms with E-state index >= 15 is 0 Å². The van der Waals surface area contributed by atoms with Crippen LogP contribution in [0.2, 0.25) is 0 Å². The minimum atomic E-state index is -0.961. The smallest absolute Gasteiger partial charge is 0.311 e. The van der Waals surface area contributed by atoms with E-state index < -0.39 is 23.0 Å². The molecule has 2 aromatic carbocycles. The van der Waals surface area contributed by atoms with Gasteiger partial charge in [0, 0.05) is 5.41 Å². The first-order valence-electron chi connectivity index (χ1n) is 26.1. The molecule has 0 heterocycles. The van der Waals surface area contributed by atoms with Crippen LogP contribution in [0.1, 0.15) is 144 Å². The molecule has 69 heavy (non-hydrogen) atoms. The molecule has 2 fully saturated rings. The molecule has 2 saturated carbocycles. The number of allylic oxidation sites excluding steroid dienone is 10. The summed E-state index contributed by atoms with van der Waals surface area (Å²) in [7, 11) is 0. The number of esters is 2. The molecule has 0 aliphatic heterocycles. The molecule has 8 heteroatoms. The highest BCUT2D eigenvalue weighted by Crippen LogP contribution is 2.49. The molecule has 4 aliphatic rings. The molecule has 0 aromatic heterocycles. The monoisotopic (exact) mass is 945 g/mol.